The summed E-state index contributed by atoms with van der Waals surface area (Å²) >= 11 is 1.74. The Labute approximate surface area is 171 Å². The summed E-state index contributed by atoms with van der Waals surface area (Å²) in [7, 11) is 4.41. The van der Waals surface area contributed by atoms with Gasteiger partial charge in [0, 0.05) is 23.8 Å². The number of aromatic nitrogens is 2. The Morgan fingerprint density at radius 1 is 1.07 bits per heavy atom. The van der Waals surface area contributed by atoms with Gasteiger partial charge in [-0.3, -0.25) is 0 Å². The summed E-state index contributed by atoms with van der Waals surface area (Å²) in [5.41, 5.74) is 1.44. The summed E-state index contributed by atoms with van der Waals surface area (Å²) < 4.78 is 5.53. The van der Waals surface area contributed by atoms with Gasteiger partial charge in [-0.1, -0.05) is 41.6 Å². The maximum absolute atomic E-state index is 5.53. The van der Waals surface area contributed by atoms with E-state index in [-0.39, 0.29) is 0 Å². The third-order valence-electron chi connectivity index (χ3n) is 5.92. The van der Waals surface area contributed by atoms with Gasteiger partial charge in [0.1, 0.15) is 0 Å². The van der Waals surface area contributed by atoms with Crippen molar-refractivity contribution in [1.82, 2.24) is 15.0 Å². The SMILES string of the molecule is CN(C)C(c1ccccc1)C1CCC(Cc2nc(Cc3cccs3)no2)CC1. The summed E-state index contributed by atoms with van der Waals surface area (Å²) in [5, 5.41) is 6.26. The zero-order valence-corrected chi connectivity index (χ0v) is 17.6. The molecule has 0 spiro atoms. The number of benzene rings is 1. The molecule has 3 aromatic rings. The molecule has 0 radical (unpaired) electrons. The number of hydrogen-bond donors (Lipinski definition) is 0. The van der Waals surface area contributed by atoms with Crippen molar-refractivity contribution in [3.05, 3.63) is 70.0 Å². The van der Waals surface area contributed by atoms with Crippen molar-refractivity contribution in [3.8, 4) is 0 Å². The maximum atomic E-state index is 5.53. The summed E-state index contributed by atoms with van der Waals surface area (Å²) in [6, 6.07) is 15.6. The lowest BCUT2D eigenvalue weighted by Crippen LogP contribution is -2.30. The van der Waals surface area contributed by atoms with Crippen LogP contribution in [0.5, 0.6) is 0 Å². The van der Waals surface area contributed by atoms with Crippen LogP contribution in [0.1, 0.15) is 53.9 Å². The van der Waals surface area contributed by atoms with Gasteiger partial charge < -0.3 is 9.42 Å². The predicted molar refractivity (Wildman–Crippen MR) is 113 cm³/mol. The molecule has 0 N–H and O–H groups in total. The fraction of sp³-hybridized carbons (Fsp3) is 0.478. The largest absolute Gasteiger partial charge is 0.339 e. The Balaban J connectivity index is 1.32. The second-order valence-electron chi connectivity index (χ2n) is 8.16. The highest BCUT2D eigenvalue weighted by Crippen LogP contribution is 2.40. The molecule has 1 atom stereocenters. The number of rotatable bonds is 7. The van der Waals surface area contributed by atoms with Crippen molar-refractivity contribution >= 4 is 11.3 Å². The van der Waals surface area contributed by atoms with E-state index in [9.17, 15) is 0 Å². The molecule has 28 heavy (non-hydrogen) atoms. The molecular formula is C23H29N3OS. The first-order valence-corrected chi connectivity index (χ1v) is 11.1. The van der Waals surface area contributed by atoms with Gasteiger partial charge in [-0.05, 0) is 68.6 Å². The molecule has 1 saturated carbocycles. The maximum Gasteiger partial charge on any atom is 0.226 e. The van der Waals surface area contributed by atoms with Gasteiger partial charge in [-0.25, -0.2) is 0 Å². The quantitative estimate of drug-likeness (QED) is 0.539. The third kappa shape index (κ3) is 4.70. The Hall–Kier alpha value is -1.98. The van der Waals surface area contributed by atoms with Gasteiger partial charge in [0.25, 0.3) is 0 Å². The van der Waals surface area contributed by atoms with E-state index in [4.69, 9.17) is 4.52 Å². The highest BCUT2D eigenvalue weighted by atomic mass is 32.1. The minimum Gasteiger partial charge on any atom is -0.339 e. The normalized spacial score (nSPS) is 21.1. The lowest BCUT2D eigenvalue weighted by molar-refractivity contribution is 0.146. The first-order valence-electron chi connectivity index (χ1n) is 10.2. The van der Waals surface area contributed by atoms with Crippen LogP contribution in [0, 0.1) is 11.8 Å². The molecule has 4 nitrogen and oxygen atoms in total. The average Bonchev–Trinajstić information content (AvgIpc) is 3.37. The van der Waals surface area contributed by atoms with Gasteiger partial charge in [-0.15, -0.1) is 11.3 Å². The van der Waals surface area contributed by atoms with Crippen LogP contribution in [0.2, 0.25) is 0 Å². The molecule has 1 aliphatic carbocycles. The molecule has 0 aliphatic heterocycles. The smallest absolute Gasteiger partial charge is 0.226 e. The Bertz CT molecular complexity index is 836. The Morgan fingerprint density at radius 2 is 1.86 bits per heavy atom. The van der Waals surface area contributed by atoms with Gasteiger partial charge >= 0.3 is 0 Å². The molecule has 2 aromatic heterocycles. The van der Waals surface area contributed by atoms with E-state index in [1.165, 1.54) is 36.1 Å². The highest BCUT2D eigenvalue weighted by molar-refractivity contribution is 7.09. The van der Waals surface area contributed by atoms with E-state index in [0.717, 1.165) is 24.6 Å². The molecular weight excluding hydrogens is 366 g/mol. The van der Waals surface area contributed by atoms with Crippen LogP contribution in [-0.4, -0.2) is 29.1 Å². The fourth-order valence-electron chi connectivity index (χ4n) is 4.61. The van der Waals surface area contributed by atoms with E-state index in [1.54, 1.807) is 11.3 Å². The molecule has 148 valence electrons. The van der Waals surface area contributed by atoms with Crippen LogP contribution in [0.25, 0.3) is 0 Å². The van der Waals surface area contributed by atoms with E-state index >= 15 is 0 Å². The standard InChI is InChI=1S/C23H29N3OS/c1-26(2)23(18-7-4-3-5-8-18)19-12-10-17(11-13-19)15-22-24-21(25-27-22)16-20-9-6-14-28-20/h3-9,14,17,19,23H,10-13,15-16H2,1-2H3. The van der Waals surface area contributed by atoms with Crippen molar-refractivity contribution in [1.29, 1.82) is 0 Å². The van der Waals surface area contributed by atoms with Crippen molar-refractivity contribution in [2.24, 2.45) is 11.8 Å². The van der Waals surface area contributed by atoms with Crippen molar-refractivity contribution in [2.75, 3.05) is 14.1 Å². The third-order valence-corrected chi connectivity index (χ3v) is 6.80. The van der Waals surface area contributed by atoms with Crippen LogP contribution in [0.3, 0.4) is 0 Å². The predicted octanol–water partition coefficient (Wildman–Crippen LogP) is 5.37. The van der Waals surface area contributed by atoms with Crippen LogP contribution >= 0.6 is 11.3 Å². The van der Waals surface area contributed by atoms with Gasteiger partial charge in [-0.2, -0.15) is 4.98 Å². The van der Waals surface area contributed by atoms with Crippen LogP contribution in [0.15, 0.2) is 52.4 Å². The molecule has 2 heterocycles. The molecule has 0 amide bonds. The minimum absolute atomic E-state index is 0.503. The number of nitrogens with zero attached hydrogens (tertiary/aromatic N) is 3. The second-order valence-corrected chi connectivity index (χ2v) is 9.20. The summed E-state index contributed by atoms with van der Waals surface area (Å²) in [4.78, 5) is 8.29. The molecule has 1 unspecified atom stereocenters. The summed E-state index contributed by atoms with van der Waals surface area (Å²) in [5.74, 6) is 2.99. The van der Waals surface area contributed by atoms with E-state index < -0.39 is 0 Å². The van der Waals surface area contributed by atoms with Gasteiger partial charge in [0.15, 0.2) is 5.82 Å². The average molecular weight is 396 g/mol. The molecule has 4 rings (SSSR count). The van der Waals surface area contributed by atoms with E-state index in [0.29, 0.717) is 17.9 Å². The van der Waals surface area contributed by atoms with Crippen molar-refractivity contribution < 1.29 is 4.52 Å². The van der Waals surface area contributed by atoms with E-state index in [1.807, 2.05) is 0 Å². The molecule has 1 fully saturated rings. The van der Waals surface area contributed by atoms with Crippen molar-refractivity contribution in [2.45, 2.75) is 44.6 Å². The van der Waals surface area contributed by atoms with Crippen molar-refractivity contribution in [3.63, 3.8) is 0 Å². The number of hydrogen-bond acceptors (Lipinski definition) is 5. The minimum atomic E-state index is 0.503. The zero-order valence-electron chi connectivity index (χ0n) is 16.8. The Kier molecular flexibility index (Phi) is 6.23. The topological polar surface area (TPSA) is 42.2 Å². The first-order chi connectivity index (χ1) is 13.7. The molecule has 1 aliphatic rings. The van der Waals surface area contributed by atoms with Crippen LogP contribution < -0.4 is 0 Å². The lowest BCUT2D eigenvalue weighted by Gasteiger charge is -2.37. The zero-order chi connectivity index (χ0) is 19.3. The van der Waals surface area contributed by atoms with Gasteiger partial charge in [0.2, 0.25) is 5.89 Å². The highest BCUT2D eigenvalue weighted by Gasteiger charge is 2.30. The summed E-state index contributed by atoms with van der Waals surface area (Å²) in [6.45, 7) is 0. The monoisotopic (exact) mass is 395 g/mol. The molecule has 5 heteroatoms. The summed E-state index contributed by atoms with van der Waals surface area (Å²) in [6.07, 6.45) is 6.70. The molecule has 0 saturated heterocycles. The number of thiophene rings is 1. The Morgan fingerprint density at radius 3 is 2.54 bits per heavy atom. The molecule has 1 aromatic carbocycles. The van der Waals surface area contributed by atoms with Crippen LogP contribution in [0.4, 0.5) is 0 Å². The van der Waals surface area contributed by atoms with Gasteiger partial charge in [0.05, 0.1) is 0 Å². The molecule has 0 bridgehead atoms. The van der Waals surface area contributed by atoms with E-state index in [2.05, 4.69) is 77.0 Å². The van der Waals surface area contributed by atoms with Crippen LogP contribution in [-0.2, 0) is 12.8 Å². The second kappa shape index (κ2) is 9.01. The lowest BCUT2D eigenvalue weighted by atomic mass is 9.75. The first kappa shape index (κ1) is 19.3. The fourth-order valence-corrected chi connectivity index (χ4v) is 5.31.